The van der Waals surface area contributed by atoms with Crippen molar-refractivity contribution in [3.05, 3.63) is 0 Å². The summed E-state index contributed by atoms with van der Waals surface area (Å²) in [5.41, 5.74) is 0. The molecule has 0 aliphatic carbocycles. The van der Waals surface area contributed by atoms with Gasteiger partial charge in [-0.1, -0.05) is 20.3 Å². The Bertz CT molecular complexity index is 235. The van der Waals surface area contributed by atoms with Crippen LogP contribution in [0, 0.1) is 11.8 Å². The van der Waals surface area contributed by atoms with Gasteiger partial charge < -0.3 is 10.0 Å². The minimum atomic E-state index is 0.369. The van der Waals surface area contributed by atoms with Crippen LogP contribution in [-0.2, 0) is 0 Å². The SMILES string of the molecule is CC(C)CC[C@@H](CO)CCCN1CCN(C(C)C)CC1. The maximum absolute atomic E-state index is 9.45. The Morgan fingerprint density at radius 1 is 0.900 bits per heavy atom. The first kappa shape index (κ1) is 17.9. The molecule has 0 saturated carbocycles. The van der Waals surface area contributed by atoms with E-state index in [-0.39, 0.29) is 0 Å². The summed E-state index contributed by atoms with van der Waals surface area (Å²) in [7, 11) is 0. The molecule has 0 aromatic carbocycles. The molecule has 0 unspecified atom stereocenters. The lowest BCUT2D eigenvalue weighted by molar-refractivity contribution is 0.104. The van der Waals surface area contributed by atoms with Gasteiger partial charge >= 0.3 is 0 Å². The van der Waals surface area contributed by atoms with E-state index >= 15 is 0 Å². The van der Waals surface area contributed by atoms with Crippen molar-refractivity contribution in [1.82, 2.24) is 9.80 Å². The van der Waals surface area contributed by atoms with Gasteiger partial charge in [0.25, 0.3) is 0 Å². The van der Waals surface area contributed by atoms with Gasteiger partial charge in [-0.2, -0.15) is 0 Å². The van der Waals surface area contributed by atoms with E-state index in [0.29, 0.717) is 18.6 Å². The molecule has 0 aromatic rings. The zero-order valence-corrected chi connectivity index (χ0v) is 14.1. The number of piperazine rings is 1. The summed E-state index contributed by atoms with van der Waals surface area (Å²) < 4.78 is 0. The number of rotatable bonds is 9. The standard InChI is InChI=1S/C17H36N2O/c1-15(2)7-8-17(14-20)6-5-9-18-10-12-19(13-11-18)16(3)4/h15-17,20H,5-14H2,1-4H3/t17-/m0/s1. The zero-order chi connectivity index (χ0) is 15.0. The van der Waals surface area contributed by atoms with Crippen molar-refractivity contribution in [3.8, 4) is 0 Å². The van der Waals surface area contributed by atoms with E-state index in [9.17, 15) is 5.11 Å². The summed E-state index contributed by atoms with van der Waals surface area (Å²) in [5, 5.41) is 9.45. The zero-order valence-electron chi connectivity index (χ0n) is 14.1. The fraction of sp³-hybridized carbons (Fsp3) is 1.00. The second-order valence-electron chi connectivity index (χ2n) is 7.13. The van der Waals surface area contributed by atoms with E-state index in [1.165, 1.54) is 58.4 Å². The molecule has 1 saturated heterocycles. The third-order valence-corrected chi connectivity index (χ3v) is 4.63. The van der Waals surface area contributed by atoms with Gasteiger partial charge in [0, 0.05) is 38.8 Å². The predicted octanol–water partition coefficient (Wildman–Crippen LogP) is 2.84. The molecule has 0 spiro atoms. The highest BCUT2D eigenvalue weighted by molar-refractivity contribution is 4.74. The fourth-order valence-corrected chi connectivity index (χ4v) is 3.00. The van der Waals surface area contributed by atoms with Crippen molar-refractivity contribution in [2.75, 3.05) is 39.3 Å². The van der Waals surface area contributed by atoms with E-state index in [0.717, 1.165) is 5.92 Å². The molecule has 0 radical (unpaired) electrons. The van der Waals surface area contributed by atoms with Crippen molar-refractivity contribution in [3.63, 3.8) is 0 Å². The smallest absolute Gasteiger partial charge is 0.0459 e. The number of hydrogen-bond donors (Lipinski definition) is 1. The van der Waals surface area contributed by atoms with Gasteiger partial charge in [0.1, 0.15) is 0 Å². The average molecular weight is 284 g/mol. The van der Waals surface area contributed by atoms with Gasteiger partial charge in [-0.25, -0.2) is 0 Å². The van der Waals surface area contributed by atoms with Crippen molar-refractivity contribution in [1.29, 1.82) is 0 Å². The normalized spacial score (nSPS) is 19.9. The Morgan fingerprint density at radius 3 is 2.05 bits per heavy atom. The van der Waals surface area contributed by atoms with Crippen molar-refractivity contribution >= 4 is 0 Å². The molecule has 1 rings (SSSR count). The minimum absolute atomic E-state index is 0.369. The van der Waals surface area contributed by atoms with Gasteiger partial charge in [0.05, 0.1) is 0 Å². The summed E-state index contributed by atoms with van der Waals surface area (Å²) in [6.07, 6.45) is 4.87. The van der Waals surface area contributed by atoms with Crippen LogP contribution >= 0.6 is 0 Å². The van der Waals surface area contributed by atoms with E-state index < -0.39 is 0 Å². The Kier molecular flexibility index (Phi) is 8.74. The molecule has 1 N–H and O–H groups in total. The van der Waals surface area contributed by atoms with Gasteiger partial charge in [-0.15, -0.1) is 0 Å². The number of nitrogens with zero attached hydrogens (tertiary/aromatic N) is 2. The Hall–Kier alpha value is -0.120. The molecule has 1 aliphatic rings. The average Bonchev–Trinajstić information content (AvgIpc) is 2.42. The van der Waals surface area contributed by atoms with Crippen LogP contribution in [0.1, 0.15) is 53.4 Å². The Morgan fingerprint density at radius 2 is 1.55 bits per heavy atom. The topological polar surface area (TPSA) is 26.7 Å². The summed E-state index contributed by atoms with van der Waals surface area (Å²) in [4.78, 5) is 5.16. The molecular weight excluding hydrogens is 248 g/mol. The highest BCUT2D eigenvalue weighted by Gasteiger charge is 2.18. The molecular formula is C17H36N2O. The van der Waals surface area contributed by atoms with Crippen LogP contribution in [0.5, 0.6) is 0 Å². The first-order chi connectivity index (χ1) is 9.52. The molecule has 3 heteroatoms. The fourth-order valence-electron chi connectivity index (χ4n) is 3.00. The summed E-state index contributed by atoms with van der Waals surface area (Å²) in [6.45, 7) is 15.6. The second kappa shape index (κ2) is 9.75. The van der Waals surface area contributed by atoms with Crippen LogP contribution in [0.25, 0.3) is 0 Å². The quantitative estimate of drug-likeness (QED) is 0.705. The molecule has 1 fully saturated rings. The minimum Gasteiger partial charge on any atom is -0.396 e. The first-order valence-electron chi connectivity index (χ1n) is 8.60. The first-order valence-corrected chi connectivity index (χ1v) is 8.60. The van der Waals surface area contributed by atoms with Gasteiger partial charge in [0.2, 0.25) is 0 Å². The van der Waals surface area contributed by atoms with Gasteiger partial charge in [-0.05, 0) is 51.5 Å². The lowest BCUT2D eigenvalue weighted by Gasteiger charge is -2.37. The lowest BCUT2D eigenvalue weighted by Crippen LogP contribution is -2.48. The molecule has 1 aliphatic heterocycles. The van der Waals surface area contributed by atoms with Crippen LogP contribution in [-0.4, -0.2) is 60.3 Å². The highest BCUT2D eigenvalue weighted by Crippen LogP contribution is 2.17. The number of hydrogen-bond acceptors (Lipinski definition) is 3. The van der Waals surface area contributed by atoms with Crippen LogP contribution in [0.15, 0.2) is 0 Å². The molecule has 1 heterocycles. The van der Waals surface area contributed by atoms with Crippen LogP contribution in [0.3, 0.4) is 0 Å². The molecule has 0 bridgehead atoms. The molecule has 0 aromatic heterocycles. The van der Waals surface area contributed by atoms with Crippen molar-refractivity contribution in [2.45, 2.75) is 59.4 Å². The summed E-state index contributed by atoms with van der Waals surface area (Å²) >= 11 is 0. The predicted molar refractivity (Wildman–Crippen MR) is 87.0 cm³/mol. The van der Waals surface area contributed by atoms with E-state index in [2.05, 4.69) is 37.5 Å². The third-order valence-electron chi connectivity index (χ3n) is 4.63. The third kappa shape index (κ3) is 7.05. The van der Waals surface area contributed by atoms with E-state index in [4.69, 9.17) is 0 Å². The van der Waals surface area contributed by atoms with Crippen LogP contribution in [0.4, 0.5) is 0 Å². The maximum atomic E-state index is 9.45. The van der Waals surface area contributed by atoms with Crippen molar-refractivity contribution < 1.29 is 5.11 Å². The molecule has 1 atom stereocenters. The monoisotopic (exact) mass is 284 g/mol. The Balaban J connectivity index is 2.11. The molecule has 3 nitrogen and oxygen atoms in total. The molecule has 120 valence electrons. The van der Waals surface area contributed by atoms with Crippen LogP contribution < -0.4 is 0 Å². The Labute approximate surface area is 126 Å². The maximum Gasteiger partial charge on any atom is 0.0459 e. The van der Waals surface area contributed by atoms with Gasteiger partial charge in [0.15, 0.2) is 0 Å². The number of aliphatic hydroxyl groups excluding tert-OH is 1. The van der Waals surface area contributed by atoms with Crippen LogP contribution in [0.2, 0.25) is 0 Å². The summed E-state index contributed by atoms with van der Waals surface area (Å²) in [5.74, 6) is 1.28. The summed E-state index contributed by atoms with van der Waals surface area (Å²) in [6, 6.07) is 0.687. The highest BCUT2D eigenvalue weighted by atomic mass is 16.3. The van der Waals surface area contributed by atoms with Gasteiger partial charge in [-0.3, -0.25) is 4.90 Å². The number of aliphatic hydroxyl groups is 1. The second-order valence-corrected chi connectivity index (χ2v) is 7.13. The molecule has 0 amide bonds. The van der Waals surface area contributed by atoms with Crippen molar-refractivity contribution in [2.24, 2.45) is 11.8 Å². The largest absolute Gasteiger partial charge is 0.396 e. The van der Waals surface area contributed by atoms with E-state index in [1.54, 1.807) is 0 Å². The molecule has 20 heavy (non-hydrogen) atoms. The van der Waals surface area contributed by atoms with E-state index in [1.807, 2.05) is 0 Å². The lowest BCUT2D eigenvalue weighted by atomic mass is 9.94.